The smallest absolute Gasteiger partial charge is 0.316 e. The topological polar surface area (TPSA) is 122 Å². The molecule has 0 aliphatic carbocycles. The number of ether oxygens (including phenoxy) is 1. The Kier molecular flexibility index (Phi) is 6.83. The number of rotatable bonds is 7. The third kappa shape index (κ3) is 5.04. The van der Waals surface area contributed by atoms with Crippen LogP contribution in [0.25, 0.3) is 0 Å². The summed E-state index contributed by atoms with van der Waals surface area (Å²) < 4.78 is 5.21. The second kappa shape index (κ2) is 9.71. The number of amides is 1. The van der Waals surface area contributed by atoms with Gasteiger partial charge in [0.05, 0.1) is 27.3 Å². The number of hydrogen-bond donors (Lipinski definition) is 1. The minimum atomic E-state index is -0.756. The zero-order chi connectivity index (χ0) is 21.5. The van der Waals surface area contributed by atoms with Crippen LogP contribution in [0.15, 0.2) is 65.2 Å². The molecule has 1 amide bonds. The summed E-state index contributed by atoms with van der Waals surface area (Å²) in [6, 6.07) is 17.3. The summed E-state index contributed by atoms with van der Waals surface area (Å²) in [4.78, 5) is 35.1. The number of esters is 1. The number of carbonyl (C=O) groups is 2. The highest BCUT2D eigenvalue weighted by molar-refractivity contribution is 8.03. The van der Waals surface area contributed by atoms with Gasteiger partial charge in [-0.1, -0.05) is 60.3 Å². The van der Waals surface area contributed by atoms with Gasteiger partial charge in [0.15, 0.2) is 0 Å². The van der Waals surface area contributed by atoms with E-state index in [1.165, 1.54) is 18.2 Å². The largest absolute Gasteiger partial charge is 0.460 e. The van der Waals surface area contributed by atoms with Crippen molar-refractivity contribution in [2.45, 2.75) is 18.9 Å². The molecule has 0 radical (unpaired) electrons. The number of carbonyl (C=O) groups excluding carboxylic acids is 2. The van der Waals surface area contributed by atoms with Gasteiger partial charge in [-0.2, -0.15) is 5.26 Å². The third-order valence-electron chi connectivity index (χ3n) is 4.44. The van der Waals surface area contributed by atoms with Crippen molar-refractivity contribution in [3.8, 4) is 6.07 Å². The van der Waals surface area contributed by atoms with Gasteiger partial charge in [0.2, 0.25) is 5.91 Å². The molecule has 0 unspecified atom stereocenters. The normalized spacial score (nSPS) is 15.8. The molecule has 30 heavy (non-hydrogen) atoms. The fourth-order valence-electron chi connectivity index (χ4n) is 3.06. The number of nitrogens with zero attached hydrogens (tertiary/aromatic N) is 2. The van der Waals surface area contributed by atoms with E-state index in [9.17, 15) is 25.0 Å². The van der Waals surface area contributed by atoms with Gasteiger partial charge >= 0.3 is 5.97 Å². The van der Waals surface area contributed by atoms with E-state index in [0.717, 1.165) is 17.3 Å². The summed E-state index contributed by atoms with van der Waals surface area (Å²) in [6.07, 6.45) is -0.0870. The lowest BCUT2D eigenvalue weighted by molar-refractivity contribution is -0.385. The van der Waals surface area contributed by atoms with Crippen molar-refractivity contribution >= 4 is 29.3 Å². The molecule has 2 aromatic rings. The molecule has 9 heteroatoms. The van der Waals surface area contributed by atoms with Crippen LogP contribution in [0.1, 0.15) is 23.5 Å². The lowest BCUT2D eigenvalue weighted by atomic mass is 9.86. The number of para-hydroxylation sites is 1. The van der Waals surface area contributed by atoms with Gasteiger partial charge in [0.25, 0.3) is 5.69 Å². The number of benzene rings is 2. The van der Waals surface area contributed by atoms with Crippen LogP contribution in [0, 0.1) is 21.4 Å². The summed E-state index contributed by atoms with van der Waals surface area (Å²) in [7, 11) is 0. The lowest BCUT2D eigenvalue weighted by Crippen LogP contribution is -2.31. The Hall–Kier alpha value is -3.64. The molecule has 1 N–H and O–H groups in total. The summed E-state index contributed by atoms with van der Waals surface area (Å²) in [5.74, 6) is -1.75. The van der Waals surface area contributed by atoms with Gasteiger partial charge in [-0.05, 0) is 5.56 Å². The van der Waals surface area contributed by atoms with Crippen LogP contribution < -0.4 is 5.32 Å². The van der Waals surface area contributed by atoms with Crippen molar-refractivity contribution in [1.29, 1.82) is 5.26 Å². The van der Waals surface area contributed by atoms with Crippen molar-refractivity contribution < 1.29 is 19.2 Å². The third-order valence-corrected chi connectivity index (χ3v) is 5.43. The maximum atomic E-state index is 12.2. The van der Waals surface area contributed by atoms with E-state index in [-0.39, 0.29) is 41.0 Å². The molecule has 1 aliphatic heterocycles. The number of nitriles is 1. The minimum absolute atomic E-state index is 0.0870. The Bertz CT molecular complexity index is 1050. The number of hydrogen-bond acceptors (Lipinski definition) is 7. The number of nitro groups is 1. The maximum Gasteiger partial charge on any atom is 0.316 e. The summed E-state index contributed by atoms with van der Waals surface area (Å²) in [5.41, 5.74) is 1.16. The monoisotopic (exact) mass is 423 g/mol. The van der Waals surface area contributed by atoms with E-state index in [4.69, 9.17) is 4.74 Å². The highest BCUT2D eigenvalue weighted by Gasteiger charge is 2.33. The summed E-state index contributed by atoms with van der Waals surface area (Å²) in [6.45, 7) is 0.121. The van der Waals surface area contributed by atoms with E-state index in [1.807, 2.05) is 36.4 Å². The standard InChI is InChI=1S/C21H17N3O5S/c22-11-17-16(15-8-4-5-9-18(15)24(27)28)10-19(25)23-21(17)30-13-20(26)29-12-14-6-2-1-3-7-14/h1-9,16H,10,12-13H2,(H,23,25)/t16-/m0/s1. The van der Waals surface area contributed by atoms with Crippen LogP contribution in [-0.2, 0) is 20.9 Å². The van der Waals surface area contributed by atoms with Gasteiger partial charge in [0.1, 0.15) is 6.61 Å². The van der Waals surface area contributed by atoms with Gasteiger partial charge in [-0.25, -0.2) is 0 Å². The van der Waals surface area contributed by atoms with Crippen molar-refractivity contribution in [1.82, 2.24) is 5.32 Å². The number of allylic oxidation sites excluding steroid dienone is 1. The van der Waals surface area contributed by atoms with E-state index in [2.05, 4.69) is 5.32 Å². The number of nitrogens with one attached hydrogen (secondary N) is 1. The van der Waals surface area contributed by atoms with E-state index in [1.54, 1.807) is 6.07 Å². The molecule has 0 spiro atoms. The average Bonchev–Trinajstić information content (AvgIpc) is 2.76. The molecule has 0 bridgehead atoms. The first-order valence-electron chi connectivity index (χ1n) is 8.99. The lowest BCUT2D eigenvalue weighted by Gasteiger charge is -2.24. The molecule has 1 aliphatic rings. The molecule has 1 atom stereocenters. The fraction of sp³-hybridized carbons (Fsp3) is 0.190. The average molecular weight is 423 g/mol. The Morgan fingerprint density at radius 3 is 2.63 bits per heavy atom. The first-order valence-corrected chi connectivity index (χ1v) is 9.98. The summed E-state index contributed by atoms with van der Waals surface area (Å²) >= 11 is 0.971. The maximum absolute atomic E-state index is 12.2. The molecule has 3 rings (SSSR count). The van der Waals surface area contributed by atoms with Crippen molar-refractivity contribution in [3.05, 3.63) is 86.4 Å². The van der Waals surface area contributed by atoms with E-state index < -0.39 is 16.8 Å². The highest BCUT2D eigenvalue weighted by atomic mass is 32.2. The minimum Gasteiger partial charge on any atom is -0.460 e. The van der Waals surface area contributed by atoms with Crippen LogP contribution in [-0.4, -0.2) is 22.6 Å². The van der Waals surface area contributed by atoms with Crippen LogP contribution in [0.3, 0.4) is 0 Å². The van der Waals surface area contributed by atoms with Crippen LogP contribution in [0.4, 0.5) is 5.69 Å². The predicted molar refractivity (Wildman–Crippen MR) is 110 cm³/mol. The van der Waals surface area contributed by atoms with Gasteiger partial charge in [0, 0.05) is 24.0 Å². The van der Waals surface area contributed by atoms with Crippen molar-refractivity contribution in [2.24, 2.45) is 0 Å². The first kappa shape index (κ1) is 21.1. The molecule has 152 valence electrons. The molecule has 0 saturated heterocycles. The Morgan fingerprint density at radius 2 is 1.93 bits per heavy atom. The second-order valence-electron chi connectivity index (χ2n) is 6.41. The molecule has 0 saturated carbocycles. The van der Waals surface area contributed by atoms with Crippen molar-refractivity contribution in [3.63, 3.8) is 0 Å². The highest BCUT2D eigenvalue weighted by Crippen LogP contribution is 2.39. The summed E-state index contributed by atoms with van der Waals surface area (Å²) in [5, 5.41) is 23.8. The molecule has 8 nitrogen and oxygen atoms in total. The fourth-order valence-corrected chi connectivity index (χ4v) is 3.93. The molecule has 2 aromatic carbocycles. The predicted octanol–water partition coefficient (Wildman–Crippen LogP) is 3.41. The molecule has 0 fully saturated rings. The van der Waals surface area contributed by atoms with Gasteiger partial charge in [-0.15, -0.1) is 0 Å². The molecule has 1 heterocycles. The molecule has 0 aromatic heterocycles. The first-order chi connectivity index (χ1) is 14.5. The number of nitro benzene ring substituents is 1. The zero-order valence-electron chi connectivity index (χ0n) is 15.7. The Labute approximate surface area is 176 Å². The Morgan fingerprint density at radius 1 is 1.23 bits per heavy atom. The van der Waals surface area contributed by atoms with Crippen LogP contribution in [0.5, 0.6) is 0 Å². The molecular formula is C21H17N3O5S. The van der Waals surface area contributed by atoms with Crippen LogP contribution in [0.2, 0.25) is 0 Å². The van der Waals surface area contributed by atoms with E-state index in [0.29, 0.717) is 5.56 Å². The Balaban J connectivity index is 1.76. The second-order valence-corrected chi connectivity index (χ2v) is 7.40. The number of thioether (sulfide) groups is 1. The molecular weight excluding hydrogens is 406 g/mol. The zero-order valence-corrected chi connectivity index (χ0v) is 16.6. The van der Waals surface area contributed by atoms with Crippen LogP contribution >= 0.6 is 11.8 Å². The van der Waals surface area contributed by atoms with E-state index >= 15 is 0 Å². The van der Waals surface area contributed by atoms with Crippen molar-refractivity contribution in [2.75, 3.05) is 5.75 Å². The van der Waals surface area contributed by atoms with Gasteiger partial charge < -0.3 is 10.1 Å². The quantitative estimate of drug-likeness (QED) is 0.411. The SMILES string of the molecule is N#CC1=C(SCC(=O)OCc2ccccc2)NC(=O)C[C@H]1c1ccccc1[N+](=O)[O-]. The van der Waals surface area contributed by atoms with Gasteiger partial charge in [-0.3, -0.25) is 19.7 Å².